The highest BCUT2D eigenvalue weighted by molar-refractivity contribution is 5.74. The molecule has 7 heteroatoms. The Bertz CT molecular complexity index is 607. The number of hydrogen-bond acceptors (Lipinski definition) is 4. The fraction of sp³-hybridized carbons (Fsp3) is 0.632. The summed E-state index contributed by atoms with van der Waals surface area (Å²) in [5.74, 6) is -0.284. The van der Waals surface area contributed by atoms with Gasteiger partial charge in [-0.05, 0) is 31.7 Å². The van der Waals surface area contributed by atoms with Gasteiger partial charge in [-0.25, -0.2) is 9.18 Å². The molecule has 0 saturated carbocycles. The standard InChI is InChI=1S/C19H29FN4O2/c1-15(13-23-8-6-22(2)7-9-23)21-19(25)24-10-11-26-18(14-24)16-4-3-5-17(20)12-16/h3-5,12,15,18H,6-11,13-14H2,1-2H3,(H,21,25). The molecule has 0 aromatic heterocycles. The Balaban J connectivity index is 1.49. The molecule has 0 spiro atoms. The van der Waals surface area contributed by atoms with Gasteiger partial charge in [0.2, 0.25) is 0 Å². The number of nitrogens with one attached hydrogen (secondary N) is 1. The molecule has 26 heavy (non-hydrogen) atoms. The van der Waals surface area contributed by atoms with Gasteiger partial charge in [-0.15, -0.1) is 0 Å². The van der Waals surface area contributed by atoms with E-state index in [1.165, 1.54) is 12.1 Å². The molecule has 0 radical (unpaired) electrons. The van der Waals surface area contributed by atoms with E-state index in [-0.39, 0.29) is 24.0 Å². The van der Waals surface area contributed by atoms with Crippen LogP contribution in [-0.4, -0.2) is 86.2 Å². The highest BCUT2D eigenvalue weighted by Crippen LogP contribution is 2.22. The van der Waals surface area contributed by atoms with Crippen LogP contribution in [0.2, 0.25) is 0 Å². The van der Waals surface area contributed by atoms with Crippen molar-refractivity contribution in [2.24, 2.45) is 0 Å². The summed E-state index contributed by atoms with van der Waals surface area (Å²) in [5, 5.41) is 3.09. The Morgan fingerprint density at radius 2 is 2.08 bits per heavy atom. The van der Waals surface area contributed by atoms with Crippen molar-refractivity contribution in [3.8, 4) is 0 Å². The molecular weight excluding hydrogens is 335 g/mol. The van der Waals surface area contributed by atoms with E-state index in [0.717, 1.165) is 38.3 Å². The summed E-state index contributed by atoms with van der Waals surface area (Å²) in [6.45, 7) is 8.57. The van der Waals surface area contributed by atoms with Crippen LogP contribution in [0.1, 0.15) is 18.6 Å². The zero-order valence-electron chi connectivity index (χ0n) is 15.7. The van der Waals surface area contributed by atoms with Crippen molar-refractivity contribution < 1.29 is 13.9 Å². The number of piperazine rings is 1. The maximum absolute atomic E-state index is 13.4. The first kappa shape index (κ1) is 19.1. The number of amides is 2. The molecule has 2 saturated heterocycles. The number of hydrogen-bond donors (Lipinski definition) is 1. The first-order valence-electron chi connectivity index (χ1n) is 9.34. The van der Waals surface area contributed by atoms with E-state index in [9.17, 15) is 9.18 Å². The average Bonchev–Trinajstić information content (AvgIpc) is 2.64. The molecule has 144 valence electrons. The topological polar surface area (TPSA) is 48.0 Å². The van der Waals surface area contributed by atoms with Gasteiger partial charge in [0, 0.05) is 45.3 Å². The normalized spacial score (nSPS) is 23.7. The number of nitrogens with zero attached hydrogens (tertiary/aromatic N) is 3. The Kier molecular flexibility index (Phi) is 6.45. The second-order valence-electron chi connectivity index (χ2n) is 7.31. The molecule has 6 nitrogen and oxygen atoms in total. The highest BCUT2D eigenvalue weighted by Gasteiger charge is 2.27. The van der Waals surface area contributed by atoms with Gasteiger partial charge >= 0.3 is 6.03 Å². The fourth-order valence-electron chi connectivity index (χ4n) is 3.51. The van der Waals surface area contributed by atoms with Crippen molar-refractivity contribution in [3.05, 3.63) is 35.6 Å². The lowest BCUT2D eigenvalue weighted by molar-refractivity contribution is -0.0160. The Morgan fingerprint density at radius 1 is 1.31 bits per heavy atom. The van der Waals surface area contributed by atoms with E-state index in [0.29, 0.717) is 19.7 Å². The predicted molar refractivity (Wildman–Crippen MR) is 98.6 cm³/mol. The number of rotatable bonds is 4. The van der Waals surface area contributed by atoms with Crippen molar-refractivity contribution in [1.82, 2.24) is 20.0 Å². The van der Waals surface area contributed by atoms with Gasteiger partial charge in [0.1, 0.15) is 11.9 Å². The molecule has 2 unspecified atom stereocenters. The predicted octanol–water partition coefficient (Wildman–Crippen LogP) is 1.54. The molecule has 2 atom stereocenters. The summed E-state index contributed by atoms with van der Waals surface area (Å²) in [6.07, 6.45) is -0.280. The summed E-state index contributed by atoms with van der Waals surface area (Å²) in [5.41, 5.74) is 0.771. The Labute approximate surface area is 154 Å². The Hall–Kier alpha value is -1.70. The SMILES string of the molecule is CC(CN1CCN(C)CC1)NC(=O)N1CCOC(c2cccc(F)c2)C1. The highest BCUT2D eigenvalue weighted by atomic mass is 19.1. The molecule has 1 aromatic carbocycles. The molecule has 1 aromatic rings. The largest absolute Gasteiger partial charge is 0.370 e. The third-order valence-corrected chi connectivity index (χ3v) is 5.07. The number of urea groups is 1. The number of carbonyl (C=O) groups is 1. The van der Waals surface area contributed by atoms with Crippen LogP contribution in [0.25, 0.3) is 0 Å². The monoisotopic (exact) mass is 364 g/mol. The summed E-state index contributed by atoms with van der Waals surface area (Å²) in [7, 11) is 2.13. The third-order valence-electron chi connectivity index (χ3n) is 5.07. The van der Waals surface area contributed by atoms with Crippen LogP contribution < -0.4 is 5.32 Å². The van der Waals surface area contributed by atoms with Gasteiger partial charge in [-0.1, -0.05) is 12.1 Å². The van der Waals surface area contributed by atoms with Crippen molar-refractivity contribution in [2.45, 2.75) is 19.1 Å². The van der Waals surface area contributed by atoms with Crippen LogP contribution in [0.3, 0.4) is 0 Å². The zero-order chi connectivity index (χ0) is 18.5. The van der Waals surface area contributed by atoms with Gasteiger partial charge in [-0.2, -0.15) is 0 Å². The number of likely N-dealkylation sites (N-methyl/N-ethyl adjacent to an activating group) is 1. The van der Waals surface area contributed by atoms with Crippen LogP contribution in [0.15, 0.2) is 24.3 Å². The summed E-state index contributed by atoms with van der Waals surface area (Å²) in [4.78, 5) is 19.1. The second kappa shape index (κ2) is 8.79. The van der Waals surface area contributed by atoms with Gasteiger partial charge in [-0.3, -0.25) is 4.90 Å². The molecular formula is C19H29FN4O2. The van der Waals surface area contributed by atoms with Gasteiger partial charge < -0.3 is 19.9 Å². The van der Waals surface area contributed by atoms with Gasteiger partial charge in [0.05, 0.1) is 13.2 Å². The minimum Gasteiger partial charge on any atom is -0.370 e. The maximum atomic E-state index is 13.4. The molecule has 0 aliphatic carbocycles. The van der Waals surface area contributed by atoms with Crippen molar-refractivity contribution in [1.29, 1.82) is 0 Å². The summed E-state index contributed by atoms with van der Waals surface area (Å²) >= 11 is 0. The first-order chi connectivity index (χ1) is 12.5. The lowest BCUT2D eigenvalue weighted by Gasteiger charge is -2.36. The maximum Gasteiger partial charge on any atom is 0.317 e. The molecule has 2 amide bonds. The lowest BCUT2D eigenvalue weighted by atomic mass is 10.1. The third kappa shape index (κ3) is 5.16. The summed E-state index contributed by atoms with van der Waals surface area (Å²) < 4.78 is 19.2. The van der Waals surface area contributed by atoms with E-state index < -0.39 is 0 Å². The molecule has 2 heterocycles. The first-order valence-corrected chi connectivity index (χ1v) is 9.34. The lowest BCUT2D eigenvalue weighted by Crippen LogP contribution is -2.53. The van der Waals surface area contributed by atoms with E-state index in [4.69, 9.17) is 4.74 Å². The van der Waals surface area contributed by atoms with Crippen molar-refractivity contribution in [3.63, 3.8) is 0 Å². The molecule has 2 aliphatic heterocycles. The van der Waals surface area contributed by atoms with Gasteiger partial charge in [0.25, 0.3) is 0 Å². The quantitative estimate of drug-likeness (QED) is 0.881. The van der Waals surface area contributed by atoms with Crippen LogP contribution in [0.4, 0.5) is 9.18 Å². The average molecular weight is 364 g/mol. The van der Waals surface area contributed by atoms with E-state index >= 15 is 0 Å². The number of halogens is 1. The van der Waals surface area contributed by atoms with Crippen LogP contribution in [0, 0.1) is 5.82 Å². The molecule has 3 rings (SSSR count). The minimum absolute atomic E-state index is 0.0728. The van der Waals surface area contributed by atoms with E-state index in [1.807, 2.05) is 13.0 Å². The Morgan fingerprint density at radius 3 is 2.81 bits per heavy atom. The van der Waals surface area contributed by atoms with Gasteiger partial charge in [0.15, 0.2) is 0 Å². The molecule has 2 fully saturated rings. The van der Waals surface area contributed by atoms with Crippen LogP contribution >= 0.6 is 0 Å². The molecule has 1 N–H and O–H groups in total. The van der Waals surface area contributed by atoms with E-state index in [1.54, 1.807) is 11.0 Å². The number of morpholine rings is 1. The number of benzene rings is 1. The summed E-state index contributed by atoms with van der Waals surface area (Å²) in [6, 6.07) is 6.41. The second-order valence-corrected chi connectivity index (χ2v) is 7.31. The van der Waals surface area contributed by atoms with Crippen LogP contribution in [0.5, 0.6) is 0 Å². The van der Waals surface area contributed by atoms with E-state index in [2.05, 4.69) is 22.2 Å². The zero-order valence-corrected chi connectivity index (χ0v) is 15.7. The van der Waals surface area contributed by atoms with Crippen molar-refractivity contribution >= 4 is 6.03 Å². The smallest absolute Gasteiger partial charge is 0.317 e. The number of carbonyl (C=O) groups excluding carboxylic acids is 1. The van der Waals surface area contributed by atoms with Crippen LogP contribution in [-0.2, 0) is 4.74 Å². The van der Waals surface area contributed by atoms with Crippen molar-refractivity contribution in [2.75, 3.05) is 59.5 Å². The number of ether oxygens (including phenoxy) is 1. The molecule has 0 bridgehead atoms. The molecule has 2 aliphatic rings. The minimum atomic E-state index is -0.284. The fourth-order valence-corrected chi connectivity index (χ4v) is 3.51.